The van der Waals surface area contributed by atoms with Crippen LogP contribution in [0, 0.1) is 0 Å². The molecule has 0 bridgehead atoms. The fourth-order valence-corrected chi connectivity index (χ4v) is 2.88. The Kier molecular flexibility index (Phi) is 2.23. The second-order valence-corrected chi connectivity index (χ2v) is 4.92. The highest BCUT2D eigenvalue weighted by Crippen LogP contribution is 2.43. The molecule has 1 aliphatic heterocycles. The van der Waals surface area contributed by atoms with Gasteiger partial charge < -0.3 is 4.84 Å². The first kappa shape index (κ1) is 9.88. The Morgan fingerprint density at radius 3 is 2.88 bits per heavy atom. The molecule has 0 N–H and O–H groups in total. The average Bonchev–Trinajstić information content (AvgIpc) is 2.34. The molecule has 1 aromatic rings. The van der Waals surface area contributed by atoms with Gasteiger partial charge in [-0.15, -0.1) is 0 Å². The maximum Gasteiger partial charge on any atom is 0.163 e. The zero-order chi connectivity index (χ0) is 11.0. The molecule has 2 aliphatic rings. The van der Waals surface area contributed by atoms with Crippen LogP contribution in [0.5, 0.6) is 0 Å². The number of oxime groups is 1. The van der Waals surface area contributed by atoms with Gasteiger partial charge in [-0.05, 0) is 44.6 Å². The summed E-state index contributed by atoms with van der Waals surface area (Å²) in [6.07, 6.45) is 5.66. The van der Waals surface area contributed by atoms with Crippen LogP contribution in [0.1, 0.15) is 43.7 Å². The van der Waals surface area contributed by atoms with Gasteiger partial charge in [0, 0.05) is 5.56 Å². The van der Waals surface area contributed by atoms with Crippen LogP contribution in [0.3, 0.4) is 0 Å². The van der Waals surface area contributed by atoms with Gasteiger partial charge in [0.25, 0.3) is 0 Å². The topological polar surface area (TPSA) is 21.6 Å². The third-order valence-electron chi connectivity index (χ3n) is 3.80. The lowest BCUT2D eigenvalue weighted by Gasteiger charge is -2.39. The van der Waals surface area contributed by atoms with Crippen molar-refractivity contribution in [3.8, 4) is 0 Å². The minimum Gasteiger partial charge on any atom is -0.384 e. The fourth-order valence-electron chi connectivity index (χ4n) is 2.88. The van der Waals surface area contributed by atoms with Crippen molar-refractivity contribution in [3.05, 3.63) is 35.4 Å². The molecule has 3 rings (SSSR count). The summed E-state index contributed by atoms with van der Waals surface area (Å²) in [5.74, 6) is 0. The quantitative estimate of drug-likeness (QED) is 0.650. The summed E-state index contributed by atoms with van der Waals surface area (Å²) in [7, 11) is 0. The zero-order valence-corrected chi connectivity index (χ0v) is 9.70. The molecule has 0 saturated carbocycles. The fraction of sp³-hybridized carbons (Fsp3) is 0.500. The lowest BCUT2D eigenvalue weighted by atomic mass is 9.76. The van der Waals surface area contributed by atoms with Crippen LogP contribution in [0.15, 0.2) is 29.4 Å². The Hall–Kier alpha value is -1.31. The molecule has 0 aromatic heterocycles. The molecule has 0 saturated heterocycles. The largest absolute Gasteiger partial charge is 0.384 e. The van der Waals surface area contributed by atoms with Gasteiger partial charge in [-0.2, -0.15) is 0 Å². The molecular formula is C14H17NO. The van der Waals surface area contributed by atoms with Gasteiger partial charge in [0.1, 0.15) is 0 Å². The molecule has 0 amide bonds. The monoisotopic (exact) mass is 215 g/mol. The second-order valence-electron chi connectivity index (χ2n) is 4.92. The number of hydrogen-bond acceptors (Lipinski definition) is 2. The molecule has 2 nitrogen and oxygen atoms in total. The second kappa shape index (κ2) is 3.62. The Labute approximate surface area is 96.3 Å². The van der Waals surface area contributed by atoms with Crippen LogP contribution in [-0.2, 0) is 16.9 Å². The van der Waals surface area contributed by atoms with E-state index in [0.717, 1.165) is 25.0 Å². The van der Waals surface area contributed by atoms with E-state index in [2.05, 4.69) is 29.4 Å². The van der Waals surface area contributed by atoms with Crippen LogP contribution < -0.4 is 0 Å². The van der Waals surface area contributed by atoms with Gasteiger partial charge in [0.2, 0.25) is 0 Å². The summed E-state index contributed by atoms with van der Waals surface area (Å²) in [5, 5.41) is 4.22. The molecule has 1 heterocycles. The molecule has 2 heteroatoms. The summed E-state index contributed by atoms with van der Waals surface area (Å²) in [4.78, 5) is 5.83. The van der Waals surface area contributed by atoms with E-state index in [-0.39, 0.29) is 5.60 Å². The smallest absolute Gasteiger partial charge is 0.163 e. The van der Waals surface area contributed by atoms with Crippen LogP contribution in [0.2, 0.25) is 0 Å². The molecule has 1 aromatic carbocycles. The SMILES string of the molecule is CC1=NOC2(CCCc3ccccc32)CC1. The molecule has 1 aliphatic carbocycles. The predicted molar refractivity (Wildman–Crippen MR) is 64.5 cm³/mol. The zero-order valence-electron chi connectivity index (χ0n) is 9.70. The van der Waals surface area contributed by atoms with Gasteiger partial charge in [-0.1, -0.05) is 29.4 Å². The van der Waals surface area contributed by atoms with Crippen LogP contribution >= 0.6 is 0 Å². The maximum absolute atomic E-state index is 5.83. The van der Waals surface area contributed by atoms with E-state index in [1.165, 1.54) is 24.0 Å². The van der Waals surface area contributed by atoms with Crippen LogP contribution in [-0.4, -0.2) is 5.71 Å². The van der Waals surface area contributed by atoms with Gasteiger partial charge in [0.05, 0.1) is 5.71 Å². The summed E-state index contributed by atoms with van der Waals surface area (Å²) in [5.41, 5.74) is 3.82. The van der Waals surface area contributed by atoms with E-state index >= 15 is 0 Å². The summed E-state index contributed by atoms with van der Waals surface area (Å²) in [6.45, 7) is 2.04. The minimum atomic E-state index is -0.117. The minimum absolute atomic E-state index is 0.117. The van der Waals surface area contributed by atoms with E-state index < -0.39 is 0 Å². The molecule has 84 valence electrons. The van der Waals surface area contributed by atoms with E-state index in [0.29, 0.717) is 0 Å². The average molecular weight is 215 g/mol. The lowest BCUT2D eigenvalue weighted by Crippen LogP contribution is -2.35. The first-order valence-electron chi connectivity index (χ1n) is 6.10. The van der Waals surface area contributed by atoms with Gasteiger partial charge in [-0.3, -0.25) is 0 Å². The number of rotatable bonds is 0. The molecular weight excluding hydrogens is 198 g/mol. The first-order chi connectivity index (χ1) is 7.80. The van der Waals surface area contributed by atoms with Crippen molar-refractivity contribution in [2.75, 3.05) is 0 Å². The summed E-state index contributed by atoms with van der Waals surface area (Å²) < 4.78 is 0. The van der Waals surface area contributed by atoms with Gasteiger partial charge >= 0.3 is 0 Å². The van der Waals surface area contributed by atoms with Crippen molar-refractivity contribution in [2.24, 2.45) is 5.16 Å². The number of benzene rings is 1. The predicted octanol–water partition coefficient (Wildman–Crippen LogP) is 3.40. The number of nitrogens with zero attached hydrogens (tertiary/aromatic N) is 1. The van der Waals surface area contributed by atoms with E-state index in [1.54, 1.807) is 0 Å². The lowest BCUT2D eigenvalue weighted by molar-refractivity contribution is -0.0750. The third-order valence-corrected chi connectivity index (χ3v) is 3.80. The van der Waals surface area contributed by atoms with Crippen molar-refractivity contribution in [2.45, 2.75) is 44.6 Å². The number of aryl methyl sites for hydroxylation is 1. The van der Waals surface area contributed by atoms with Crippen molar-refractivity contribution in [1.29, 1.82) is 0 Å². The highest BCUT2D eigenvalue weighted by molar-refractivity contribution is 5.81. The van der Waals surface area contributed by atoms with E-state index in [4.69, 9.17) is 4.84 Å². The van der Waals surface area contributed by atoms with Crippen molar-refractivity contribution in [1.82, 2.24) is 0 Å². The molecule has 0 fully saturated rings. The highest BCUT2D eigenvalue weighted by atomic mass is 16.7. The molecule has 1 unspecified atom stereocenters. The Balaban J connectivity index is 2.04. The Bertz CT molecular complexity index is 438. The molecule has 0 radical (unpaired) electrons. The number of fused-ring (bicyclic) bond motifs is 2. The highest BCUT2D eigenvalue weighted by Gasteiger charge is 2.40. The van der Waals surface area contributed by atoms with E-state index in [9.17, 15) is 0 Å². The Morgan fingerprint density at radius 2 is 2.06 bits per heavy atom. The van der Waals surface area contributed by atoms with E-state index in [1.807, 2.05) is 6.92 Å². The molecule has 1 spiro atoms. The van der Waals surface area contributed by atoms with Crippen LogP contribution in [0.4, 0.5) is 0 Å². The van der Waals surface area contributed by atoms with Gasteiger partial charge in [0.15, 0.2) is 5.60 Å². The Morgan fingerprint density at radius 1 is 1.19 bits per heavy atom. The summed E-state index contributed by atoms with van der Waals surface area (Å²) in [6, 6.07) is 8.67. The van der Waals surface area contributed by atoms with Crippen molar-refractivity contribution >= 4 is 5.71 Å². The molecule has 1 atom stereocenters. The van der Waals surface area contributed by atoms with Crippen molar-refractivity contribution in [3.63, 3.8) is 0 Å². The van der Waals surface area contributed by atoms with Gasteiger partial charge in [-0.25, -0.2) is 0 Å². The van der Waals surface area contributed by atoms with Crippen LogP contribution in [0.25, 0.3) is 0 Å². The first-order valence-corrected chi connectivity index (χ1v) is 6.10. The van der Waals surface area contributed by atoms with Crippen molar-refractivity contribution < 1.29 is 4.84 Å². The maximum atomic E-state index is 5.83. The standard InChI is InChI=1S/C14H17NO/c1-11-8-10-14(16-15-11)9-4-6-12-5-2-3-7-13(12)14/h2-3,5,7H,4,6,8-10H2,1H3. The molecule has 16 heavy (non-hydrogen) atoms. The normalized spacial score (nSPS) is 28.2. The third kappa shape index (κ3) is 1.44. The summed E-state index contributed by atoms with van der Waals surface area (Å²) >= 11 is 0. The number of hydrogen-bond donors (Lipinski definition) is 0.